The van der Waals surface area contributed by atoms with Gasteiger partial charge in [-0.1, -0.05) is 30.3 Å². The standard InChI is InChI=1S/C14H13N7O3/c22-12-10(7-16-14(24)18-12)6-15-13(23)11(21-8-17-19-20-21)9-4-2-1-3-5-9/h1-5,7-8,11H,6H2,(H,15,23)(H2,16,18,22,24). The summed E-state index contributed by atoms with van der Waals surface area (Å²) in [6, 6.07) is 8.21. The van der Waals surface area contributed by atoms with E-state index in [1.165, 1.54) is 17.2 Å². The molecule has 1 atom stereocenters. The topological polar surface area (TPSA) is 138 Å². The van der Waals surface area contributed by atoms with Gasteiger partial charge in [-0.05, 0) is 16.0 Å². The van der Waals surface area contributed by atoms with Gasteiger partial charge in [-0.15, -0.1) is 5.10 Å². The molecule has 10 heteroatoms. The van der Waals surface area contributed by atoms with Crippen LogP contribution in [0.3, 0.4) is 0 Å². The third-order valence-corrected chi connectivity index (χ3v) is 3.34. The molecule has 3 N–H and O–H groups in total. The molecule has 24 heavy (non-hydrogen) atoms. The number of carbonyl (C=O) groups is 1. The predicted molar refractivity (Wildman–Crippen MR) is 81.9 cm³/mol. The number of hydrogen-bond acceptors (Lipinski definition) is 6. The van der Waals surface area contributed by atoms with Crippen LogP contribution in [0.25, 0.3) is 0 Å². The van der Waals surface area contributed by atoms with Crippen molar-refractivity contribution in [2.24, 2.45) is 0 Å². The summed E-state index contributed by atoms with van der Waals surface area (Å²) >= 11 is 0. The first kappa shape index (κ1) is 15.3. The molecule has 0 aliphatic rings. The van der Waals surface area contributed by atoms with Crippen LogP contribution in [-0.4, -0.2) is 36.1 Å². The highest BCUT2D eigenvalue weighted by Crippen LogP contribution is 2.16. The van der Waals surface area contributed by atoms with Crippen LogP contribution >= 0.6 is 0 Å². The zero-order valence-electron chi connectivity index (χ0n) is 12.3. The zero-order chi connectivity index (χ0) is 16.9. The molecule has 0 fully saturated rings. The fourth-order valence-electron chi connectivity index (χ4n) is 2.19. The highest BCUT2D eigenvalue weighted by Gasteiger charge is 2.23. The van der Waals surface area contributed by atoms with Crippen LogP contribution in [0.2, 0.25) is 0 Å². The van der Waals surface area contributed by atoms with Gasteiger partial charge >= 0.3 is 5.69 Å². The molecule has 0 radical (unpaired) electrons. The van der Waals surface area contributed by atoms with Gasteiger partial charge in [-0.25, -0.2) is 9.48 Å². The largest absolute Gasteiger partial charge is 0.350 e. The monoisotopic (exact) mass is 327 g/mol. The van der Waals surface area contributed by atoms with Crippen LogP contribution in [0, 0.1) is 0 Å². The Morgan fingerprint density at radius 3 is 2.71 bits per heavy atom. The summed E-state index contributed by atoms with van der Waals surface area (Å²) < 4.78 is 1.32. The molecule has 3 aromatic rings. The number of aromatic amines is 2. The molecular weight excluding hydrogens is 314 g/mol. The number of carbonyl (C=O) groups excluding carboxylic acids is 1. The molecule has 2 heterocycles. The Balaban J connectivity index is 1.82. The minimum atomic E-state index is -0.775. The van der Waals surface area contributed by atoms with Crippen molar-refractivity contribution in [2.75, 3.05) is 0 Å². The SMILES string of the molecule is O=C(NCc1c[nH]c(=O)[nH]c1=O)C(c1ccccc1)n1cnnn1. The third kappa shape index (κ3) is 3.27. The number of H-pyrrole nitrogens is 2. The molecule has 0 spiro atoms. The predicted octanol–water partition coefficient (Wildman–Crippen LogP) is -1.04. The fourth-order valence-corrected chi connectivity index (χ4v) is 2.19. The van der Waals surface area contributed by atoms with E-state index in [9.17, 15) is 14.4 Å². The quantitative estimate of drug-likeness (QED) is 0.547. The highest BCUT2D eigenvalue weighted by molar-refractivity contribution is 5.83. The average molecular weight is 327 g/mol. The second kappa shape index (κ2) is 6.69. The molecule has 0 aliphatic heterocycles. The highest BCUT2D eigenvalue weighted by atomic mass is 16.2. The van der Waals surface area contributed by atoms with Crippen LogP contribution in [0.1, 0.15) is 17.2 Å². The lowest BCUT2D eigenvalue weighted by Crippen LogP contribution is -2.35. The molecule has 1 amide bonds. The maximum Gasteiger partial charge on any atom is 0.325 e. The van der Waals surface area contributed by atoms with Crippen LogP contribution in [-0.2, 0) is 11.3 Å². The Labute approximate surface area is 134 Å². The number of hydrogen-bond donors (Lipinski definition) is 3. The molecule has 0 saturated carbocycles. The minimum absolute atomic E-state index is 0.0452. The summed E-state index contributed by atoms with van der Waals surface area (Å²) in [6.45, 7) is -0.0452. The van der Waals surface area contributed by atoms with Gasteiger partial charge < -0.3 is 10.3 Å². The van der Waals surface area contributed by atoms with Gasteiger partial charge in [0.25, 0.3) is 5.56 Å². The third-order valence-electron chi connectivity index (χ3n) is 3.34. The van der Waals surface area contributed by atoms with E-state index in [0.717, 1.165) is 0 Å². The van der Waals surface area contributed by atoms with Gasteiger partial charge in [0.1, 0.15) is 6.33 Å². The van der Waals surface area contributed by atoms with Crippen molar-refractivity contribution in [3.8, 4) is 0 Å². The van der Waals surface area contributed by atoms with Crippen LogP contribution in [0.5, 0.6) is 0 Å². The number of nitrogens with zero attached hydrogens (tertiary/aromatic N) is 4. The van der Waals surface area contributed by atoms with E-state index < -0.39 is 17.3 Å². The molecule has 0 bridgehead atoms. The number of tetrazole rings is 1. The second-order valence-corrected chi connectivity index (χ2v) is 4.92. The Hall–Kier alpha value is -3.56. The molecule has 3 rings (SSSR count). The summed E-state index contributed by atoms with van der Waals surface area (Å²) in [5, 5.41) is 13.5. The van der Waals surface area contributed by atoms with Crippen molar-refractivity contribution in [2.45, 2.75) is 12.6 Å². The van der Waals surface area contributed by atoms with E-state index in [1.54, 1.807) is 24.3 Å². The zero-order valence-corrected chi connectivity index (χ0v) is 12.3. The first-order valence-electron chi connectivity index (χ1n) is 7.01. The van der Waals surface area contributed by atoms with Crippen molar-refractivity contribution < 1.29 is 4.79 Å². The van der Waals surface area contributed by atoms with Gasteiger partial charge in [0.05, 0.1) is 5.56 Å². The number of nitrogens with one attached hydrogen (secondary N) is 3. The summed E-state index contributed by atoms with van der Waals surface area (Å²) in [7, 11) is 0. The summed E-state index contributed by atoms with van der Waals surface area (Å²) in [6.07, 6.45) is 2.60. The second-order valence-electron chi connectivity index (χ2n) is 4.92. The van der Waals surface area contributed by atoms with Crippen LogP contribution in [0.4, 0.5) is 0 Å². The van der Waals surface area contributed by atoms with Crippen LogP contribution < -0.4 is 16.6 Å². The Morgan fingerprint density at radius 2 is 2.04 bits per heavy atom. The van der Waals surface area contributed by atoms with Crippen molar-refractivity contribution >= 4 is 5.91 Å². The van der Waals surface area contributed by atoms with E-state index >= 15 is 0 Å². The summed E-state index contributed by atoms with van der Waals surface area (Å²) in [5.41, 5.74) is -0.243. The van der Waals surface area contributed by atoms with Crippen molar-refractivity contribution in [1.82, 2.24) is 35.5 Å². The first-order chi connectivity index (χ1) is 11.6. The smallest absolute Gasteiger partial charge is 0.325 e. The summed E-state index contributed by atoms with van der Waals surface area (Å²) in [5.74, 6) is -0.390. The lowest BCUT2D eigenvalue weighted by atomic mass is 10.1. The first-order valence-corrected chi connectivity index (χ1v) is 7.01. The molecule has 1 unspecified atom stereocenters. The number of rotatable bonds is 5. The Bertz CT molecular complexity index is 931. The molecule has 122 valence electrons. The van der Waals surface area contributed by atoms with Gasteiger partial charge in [-0.2, -0.15) is 0 Å². The van der Waals surface area contributed by atoms with Crippen molar-refractivity contribution in [3.63, 3.8) is 0 Å². The number of aromatic nitrogens is 6. The lowest BCUT2D eigenvalue weighted by Gasteiger charge is -2.16. The number of benzene rings is 1. The van der Waals surface area contributed by atoms with E-state index in [0.29, 0.717) is 5.56 Å². The normalized spacial score (nSPS) is 11.8. The molecular formula is C14H13N7O3. The van der Waals surface area contributed by atoms with Crippen LogP contribution in [0.15, 0.2) is 52.4 Å². The van der Waals surface area contributed by atoms with Gasteiger partial charge in [0.2, 0.25) is 5.91 Å². The molecule has 1 aromatic carbocycles. The average Bonchev–Trinajstić information content (AvgIpc) is 3.09. The number of amides is 1. The molecule has 0 aliphatic carbocycles. The summed E-state index contributed by atoms with van der Waals surface area (Å²) in [4.78, 5) is 39.7. The minimum Gasteiger partial charge on any atom is -0.350 e. The maximum atomic E-state index is 12.6. The van der Waals surface area contributed by atoms with Crippen molar-refractivity contribution in [3.05, 3.63) is 74.8 Å². The van der Waals surface area contributed by atoms with Gasteiger partial charge in [0, 0.05) is 12.7 Å². The van der Waals surface area contributed by atoms with E-state index in [1.807, 2.05) is 6.07 Å². The molecule has 10 nitrogen and oxygen atoms in total. The van der Waals surface area contributed by atoms with Gasteiger partial charge in [0.15, 0.2) is 6.04 Å². The molecule has 2 aromatic heterocycles. The fraction of sp³-hybridized carbons (Fsp3) is 0.143. The van der Waals surface area contributed by atoms with E-state index in [2.05, 4.69) is 30.8 Å². The van der Waals surface area contributed by atoms with Crippen molar-refractivity contribution in [1.29, 1.82) is 0 Å². The molecule has 0 saturated heterocycles. The maximum absolute atomic E-state index is 12.6. The van der Waals surface area contributed by atoms with E-state index in [-0.39, 0.29) is 18.0 Å². The Kier molecular flexibility index (Phi) is 4.27. The van der Waals surface area contributed by atoms with E-state index in [4.69, 9.17) is 0 Å². The lowest BCUT2D eigenvalue weighted by molar-refractivity contribution is -0.123. The van der Waals surface area contributed by atoms with Gasteiger partial charge in [-0.3, -0.25) is 14.6 Å². The Morgan fingerprint density at radius 1 is 1.25 bits per heavy atom.